The lowest BCUT2D eigenvalue weighted by molar-refractivity contribution is -0.127. The van der Waals surface area contributed by atoms with Crippen molar-refractivity contribution in [3.63, 3.8) is 0 Å². The predicted octanol–water partition coefficient (Wildman–Crippen LogP) is 1.05. The van der Waals surface area contributed by atoms with E-state index in [1.807, 2.05) is 39.0 Å². The van der Waals surface area contributed by atoms with E-state index in [0.29, 0.717) is 0 Å². The topological polar surface area (TPSA) is 72.2 Å². The van der Waals surface area contributed by atoms with E-state index in [0.717, 1.165) is 5.56 Å². The van der Waals surface area contributed by atoms with Crippen molar-refractivity contribution in [2.24, 2.45) is 11.1 Å². The molecule has 0 saturated heterocycles. The third kappa shape index (κ3) is 4.84. The van der Waals surface area contributed by atoms with Gasteiger partial charge in [0.1, 0.15) is 6.04 Å². The Bertz CT molecular complexity index is 519. The van der Waals surface area contributed by atoms with Gasteiger partial charge in [0.05, 0.1) is 0 Å². The van der Waals surface area contributed by atoms with Crippen LogP contribution >= 0.6 is 0 Å². The number of hydrogen-bond donors (Lipinski definition) is 2. The Morgan fingerprint density at radius 1 is 1.21 bits per heavy atom. The van der Waals surface area contributed by atoms with Gasteiger partial charge in [0.2, 0.25) is 5.91 Å². The predicted molar refractivity (Wildman–Crippen MR) is 73.9 cm³/mol. The van der Waals surface area contributed by atoms with Gasteiger partial charge >= 0.3 is 0 Å². The molecule has 3 N–H and O–H groups in total. The highest BCUT2D eigenvalue weighted by Gasteiger charge is 2.30. The zero-order valence-electron chi connectivity index (χ0n) is 11.4. The summed E-state index contributed by atoms with van der Waals surface area (Å²) >= 11 is 0. The van der Waals surface area contributed by atoms with Crippen LogP contribution in [0.25, 0.3) is 0 Å². The summed E-state index contributed by atoms with van der Waals surface area (Å²) in [6.07, 6.45) is 0. The molecule has 0 radical (unpaired) electrons. The monoisotopic (exact) mass is 258 g/mol. The molecule has 0 bridgehead atoms. The third-order valence-electron chi connectivity index (χ3n) is 2.52. The van der Waals surface area contributed by atoms with Crippen LogP contribution in [0.2, 0.25) is 0 Å². The molecule has 0 spiro atoms. The average molecular weight is 258 g/mol. The molecule has 0 fully saturated rings. The average Bonchev–Trinajstić information content (AvgIpc) is 2.33. The fourth-order valence-electron chi connectivity index (χ4n) is 1.53. The molecule has 0 aliphatic heterocycles. The zero-order chi connectivity index (χ0) is 14.5. The number of nitrogens with one attached hydrogen (secondary N) is 1. The van der Waals surface area contributed by atoms with Gasteiger partial charge in [-0.05, 0) is 17.5 Å². The number of nitrogens with two attached hydrogens (primary N) is 1. The largest absolute Gasteiger partial charge is 0.368 e. The number of rotatable bonds is 2. The first kappa shape index (κ1) is 14.8. The summed E-state index contributed by atoms with van der Waals surface area (Å²) in [5, 5.41) is 2.54. The number of carbonyl (C=O) groups excluding carboxylic acids is 2. The van der Waals surface area contributed by atoms with Crippen LogP contribution in [0.15, 0.2) is 30.3 Å². The first-order chi connectivity index (χ1) is 8.80. The highest BCUT2D eigenvalue weighted by atomic mass is 16.2. The lowest BCUT2D eigenvalue weighted by Gasteiger charge is -2.27. The smallest absolute Gasteiger partial charge is 0.296 e. The minimum atomic E-state index is -0.745. The number of hydrogen-bond acceptors (Lipinski definition) is 2. The van der Waals surface area contributed by atoms with Gasteiger partial charge in [-0.3, -0.25) is 9.59 Å². The normalized spacial score (nSPS) is 11.9. The van der Waals surface area contributed by atoms with Gasteiger partial charge in [-0.15, -0.1) is 0 Å². The van der Waals surface area contributed by atoms with E-state index in [1.165, 1.54) is 0 Å². The van der Waals surface area contributed by atoms with Crippen LogP contribution in [-0.2, 0) is 9.59 Å². The Balaban J connectivity index is 2.75. The quantitative estimate of drug-likeness (QED) is 0.778. The first-order valence-corrected chi connectivity index (χ1v) is 5.97. The van der Waals surface area contributed by atoms with E-state index in [-0.39, 0.29) is 0 Å². The highest BCUT2D eigenvalue weighted by Crippen LogP contribution is 2.18. The Kier molecular flexibility index (Phi) is 4.71. The van der Waals surface area contributed by atoms with E-state index < -0.39 is 23.3 Å². The van der Waals surface area contributed by atoms with Crippen LogP contribution < -0.4 is 11.1 Å². The van der Waals surface area contributed by atoms with Crippen molar-refractivity contribution in [1.82, 2.24) is 5.32 Å². The summed E-state index contributed by atoms with van der Waals surface area (Å²) in [7, 11) is 0. The molecule has 2 amide bonds. The maximum absolute atomic E-state index is 11.7. The molecule has 0 heterocycles. The second-order valence-electron chi connectivity index (χ2n) is 5.29. The summed E-state index contributed by atoms with van der Waals surface area (Å²) < 4.78 is 0. The van der Waals surface area contributed by atoms with Gasteiger partial charge < -0.3 is 11.1 Å². The van der Waals surface area contributed by atoms with E-state index in [2.05, 4.69) is 17.2 Å². The molecule has 0 saturated carbocycles. The lowest BCUT2D eigenvalue weighted by atomic mass is 9.86. The van der Waals surface area contributed by atoms with Crippen LogP contribution in [0.4, 0.5) is 0 Å². The van der Waals surface area contributed by atoms with Crippen molar-refractivity contribution >= 4 is 11.8 Å². The summed E-state index contributed by atoms with van der Waals surface area (Å²) in [5.74, 6) is 4.10. The van der Waals surface area contributed by atoms with Crippen LogP contribution in [0.1, 0.15) is 26.3 Å². The zero-order valence-corrected chi connectivity index (χ0v) is 11.4. The molecule has 1 rings (SSSR count). The van der Waals surface area contributed by atoms with Crippen molar-refractivity contribution < 1.29 is 9.59 Å². The summed E-state index contributed by atoms with van der Waals surface area (Å²) in [6, 6.07) is 8.40. The Labute approximate surface area is 113 Å². The molecule has 4 nitrogen and oxygen atoms in total. The minimum Gasteiger partial charge on any atom is -0.368 e. The maximum Gasteiger partial charge on any atom is 0.296 e. The van der Waals surface area contributed by atoms with Crippen LogP contribution in [0.3, 0.4) is 0 Å². The van der Waals surface area contributed by atoms with E-state index in [1.54, 1.807) is 12.1 Å². The molecular formula is C15H18N2O2. The van der Waals surface area contributed by atoms with E-state index >= 15 is 0 Å². The molecule has 0 unspecified atom stereocenters. The molecule has 1 atom stereocenters. The third-order valence-corrected chi connectivity index (χ3v) is 2.52. The second kappa shape index (κ2) is 6.05. The fraction of sp³-hybridized carbons (Fsp3) is 0.333. The number of benzene rings is 1. The minimum absolute atomic E-state index is 0.448. The Hall–Kier alpha value is -2.28. The van der Waals surface area contributed by atoms with Gasteiger partial charge in [-0.2, -0.15) is 0 Å². The van der Waals surface area contributed by atoms with Gasteiger partial charge in [0.25, 0.3) is 5.91 Å². The molecule has 0 aliphatic rings. The van der Waals surface area contributed by atoms with Crippen molar-refractivity contribution in [2.75, 3.05) is 0 Å². The summed E-state index contributed by atoms with van der Waals surface area (Å²) in [5.41, 5.74) is 5.57. The first-order valence-electron chi connectivity index (χ1n) is 5.97. The van der Waals surface area contributed by atoms with Crippen LogP contribution in [0, 0.1) is 17.3 Å². The second-order valence-corrected chi connectivity index (χ2v) is 5.29. The highest BCUT2D eigenvalue weighted by molar-refractivity contribution is 5.97. The number of amides is 2. The van der Waals surface area contributed by atoms with E-state index in [9.17, 15) is 9.59 Å². The van der Waals surface area contributed by atoms with Gasteiger partial charge in [0.15, 0.2) is 0 Å². The van der Waals surface area contributed by atoms with Crippen molar-refractivity contribution in [3.05, 3.63) is 35.9 Å². The summed E-state index contributed by atoms with van der Waals surface area (Å²) in [4.78, 5) is 23.0. The van der Waals surface area contributed by atoms with E-state index in [4.69, 9.17) is 5.73 Å². The summed E-state index contributed by atoms with van der Waals surface area (Å²) in [6.45, 7) is 5.48. The molecule has 4 heteroatoms. The molecule has 0 aromatic heterocycles. The van der Waals surface area contributed by atoms with Crippen LogP contribution in [-0.4, -0.2) is 17.9 Å². The SMILES string of the molecule is CC(C)(C)[C@H](NC(=O)C#Cc1ccccc1)C(N)=O. The molecule has 1 aromatic carbocycles. The van der Waals surface area contributed by atoms with Gasteiger partial charge in [-0.25, -0.2) is 0 Å². The standard InChI is InChI=1S/C15H18N2O2/c1-15(2,3)13(14(16)19)17-12(18)10-9-11-7-5-4-6-8-11/h4-8,13H,1-3H3,(H2,16,19)(H,17,18)/t13-/m1/s1. The molecule has 0 aliphatic carbocycles. The van der Waals surface area contributed by atoms with Gasteiger partial charge in [-0.1, -0.05) is 44.9 Å². The maximum atomic E-state index is 11.7. The van der Waals surface area contributed by atoms with Crippen molar-refractivity contribution in [1.29, 1.82) is 0 Å². The molecular weight excluding hydrogens is 240 g/mol. The molecule has 100 valence electrons. The van der Waals surface area contributed by atoms with Crippen LogP contribution in [0.5, 0.6) is 0 Å². The van der Waals surface area contributed by atoms with Crippen molar-refractivity contribution in [3.8, 4) is 11.8 Å². The Morgan fingerprint density at radius 2 is 1.79 bits per heavy atom. The molecule has 1 aromatic rings. The number of carbonyl (C=O) groups is 2. The lowest BCUT2D eigenvalue weighted by Crippen LogP contribution is -2.51. The fourth-order valence-corrected chi connectivity index (χ4v) is 1.53. The molecule has 19 heavy (non-hydrogen) atoms. The number of primary amides is 1. The Morgan fingerprint density at radius 3 is 2.26 bits per heavy atom. The van der Waals surface area contributed by atoms with Gasteiger partial charge in [0, 0.05) is 11.5 Å². The van der Waals surface area contributed by atoms with Crippen molar-refractivity contribution in [2.45, 2.75) is 26.8 Å².